The van der Waals surface area contributed by atoms with E-state index in [1.165, 1.54) is 17.7 Å². The molecular formula is C13H16N4. The van der Waals surface area contributed by atoms with E-state index in [9.17, 15) is 0 Å². The molecule has 1 aliphatic heterocycles. The van der Waals surface area contributed by atoms with Crippen LogP contribution in [0.1, 0.15) is 18.9 Å². The number of nitrogens with one attached hydrogen (secondary N) is 1. The summed E-state index contributed by atoms with van der Waals surface area (Å²) in [6.45, 7) is 4.01. The standard InChI is InChI=1S/C13H16N4/c1-2-17-13(15-9-16-17)11-5-6-12-10(8-11)4-3-7-14-12/h5-6,8-9,14H,2-4,7H2,1H3. The molecule has 0 saturated carbocycles. The summed E-state index contributed by atoms with van der Waals surface area (Å²) < 4.78 is 1.93. The van der Waals surface area contributed by atoms with Gasteiger partial charge in [0.1, 0.15) is 6.33 Å². The van der Waals surface area contributed by atoms with Crippen molar-refractivity contribution in [2.75, 3.05) is 11.9 Å². The Hall–Kier alpha value is -1.84. The first-order valence-corrected chi connectivity index (χ1v) is 6.13. The first-order valence-electron chi connectivity index (χ1n) is 6.13. The molecule has 0 bridgehead atoms. The number of fused-ring (bicyclic) bond motifs is 1. The minimum Gasteiger partial charge on any atom is -0.385 e. The molecule has 1 aromatic carbocycles. The van der Waals surface area contributed by atoms with Crippen LogP contribution in [0.4, 0.5) is 5.69 Å². The van der Waals surface area contributed by atoms with E-state index in [2.05, 4.69) is 40.5 Å². The van der Waals surface area contributed by atoms with Crippen molar-refractivity contribution in [3.05, 3.63) is 30.1 Å². The second kappa shape index (κ2) is 4.20. The Morgan fingerprint density at radius 3 is 3.24 bits per heavy atom. The number of rotatable bonds is 2. The van der Waals surface area contributed by atoms with Crippen LogP contribution in [0.3, 0.4) is 0 Å². The number of hydrogen-bond donors (Lipinski definition) is 1. The summed E-state index contributed by atoms with van der Waals surface area (Å²) in [5, 5.41) is 7.63. The molecule has 0 amide bonds. The number of aromatic nitrogens is 3. The van der Waals surface area contributed by atoms with E-state index in [1.807, 2.05) is 4.68 Å². The van der Waals surface area contributed by atoms with Crippen molar-refractivity contribution in [2.24, 2.45) is 0 Å². The van der Waals surface area contributed by atoms with Gasteiger partial charge in [0.2, 0.25) is 0 Å². The Labute approximate surface area is 101 Å². The van der Waals surface area contributed by atoms with E-state index in [0.29, 0.717) is 0 Å². The van der Waals surface area contributed by atoms with Crippen molar-refractivity contribution >= 4 is 5.69 Å². The molecule has 3 rings (SSSR count). The highest BCUT2D eigenvalue weighted by Gasteiger charge is 2.12. The zero-order valence-electron chi connectivity index (χ0n) is 9.98. The number of anilines is 1. The van der Waals surface area contributed by atoms with Gasteiger partial charge in [-0.1, -0.05) is 0 Å². The van der Waals surface area contributed by atoms with Gasteiger partial charge < -0.3 is 5.32 Å². The number of benzene rings is 1. The zero-order chi connectivity index (χ0) is 11.7. The van der Waals surface area contributed by atoms with Gasteiger partial charge in [-0.05, 0) is 43.5 Å². The topological polar surface area (TPSA) is 42.7 Å². The van der Waals surface area contributed by atoms with E-state index in [1.54, 1.807) is 6.33 Å². The first kappa shape index (κ1) is 10.3. The van der Waals surface area contributed by atoms with Crippen LogP contribution in [0.2, 0.25) is 0 Å². The molecule has 0 saturated heterocycles. The Morgan fingerprint density at radius 1 is 1.41 bits per heavy atom. The summed E-state index contributed by atoms with van der Waals surface area (Å²) in [6, 6.07) is 6.50. The fraction of sp³-hybridized carbons (Fsp3) is 0.385. The molecule has 1 aliphatic rings. The summed E-state index contributed by atoms with van der Waals surface area (Å²) in [7, 11) is 0. The molecular weight excluding hydrogens is 212 g/mol. The van der Waals surface area contributed by atoms with Crippen LogP contribution in [0.15, 0.2) is 24.5 Å². The van der Waals surface area contributed by atoms with Gasteiger partial charge >= 0.3 is 0 Å². The van der Waals surface area contributed by atoms with E-state index in [0.717, 1.165) is 30.9 Å². The second-order valence-electron chi connectivity index (χ2n) is 4.30. The zero-order valence-corrected chi connectivity index (χ0v) is 9.98. The van der Waals surface area contributed by atoms with Crippen LogP contribution in [0, 0.1) is 0 Å². The predicted octanol–water partition coefficient (Wildman–Crippen LogP) is 2.32. The molecule has 0 spiro atoms. The van der Waals surface area contributed by atoms with Crippen molar-refractivity contribution < 1.29 is 0 Å². The minimum absolute atomic E-state index is 0.852. The van der Waals surface area contributed by atoms with E-state index < -0.39 is 0 Å². The highest BCUT2D eigenvalue weighted by molar-refractivity contribution is 5.64. The highest BCUT2D eigenvalue weighted by Crippen LogP contribution is 2.27. The van der Waals surface area contributed by atoms with Gasteiger partial charge in [0.25, 0.3) is 0 Å². The molecule has 1 aromatic heterocycles. The van der Waals surface area contributed by atoms with Crippen molar-refractivity contribution in [2.45, 2.75) is 26.3 Å². The SMILES string of the molecule is CCn1ncnc1-c1ccc2c(c1)CCCN2. The molecule has 2 heterocycles. The molecule has 0 radical (unpaired) electrons. The summed E-state index contributed by atoms with van der Waals surface area (Å²) in [6.07, 6.45) is 3.98. The van der Waals surface area contributed by atoms with Crippen LogP contribution in [-0.2, 0) is 13.0 Å². The number of hydrogen-bond acceptors (Lipinski definition) is 3. The maximum atomic E-state index is 4.34. The smallest absolute Gasteiger partial charge is 0.158 e. The van der Waals surface area contributed by atoms with E-state index in [4.69, 9.17) is 0 Å². The lowest BCUT2D eigenvalue weighted by Gasteiger charge is -2.18. The Balaban J connectivity index is 2.04. The molecule has 17 heavy (non-hydrogen) atoms. The molecule has 0 fully saturated rings. The quantitative estimate of drug-likeness (QED) is 0.857. The fourth-order valence-electron chi connectivity index (χ4n) is 2.33. The monoisotopic (exact) mass is 228 g/mol. The van der Waals surface area contributed by atoms with Crippen molar-refractivity contribution in [3.8, 4) is 11.4 Å². The van der Waals surface area contributed by atoms with Crippen molar-refractivity contribution in [3.63, 3.8) is 0 Å². The molecule has 0 unspecified atom stereocenters. The van der Waals surface area contributed by atoms with Crippen LogP contribution < -0.4 is 5.32 Å². The maximum Gasteiger partial charge on any atom is 0.158 e. The van der Waals surface area contributed by atoms with Gasteiger partial charge in [-0.15, -0.1) is 0 Å². The van der Waals surface area contributed by atoms with Gasteiger partial charge in [0, 0.05) is 24.3 Å². The Bertz CT molecular complexity index is 530. The van der Waals surface area contributed by atoms with Gasteiger partial charge in [0.15, 0.2) is 5.82 Å². The Morgan fingerprint density at radius 2 is 2.35 bits per heavy atom. The largest absolute Gasteiger partial charge is 0.385 e. The van der Waals surface area contributed by atoms with Gasteiger partial charge in [0.05, 0.1) is 0 Å². The molecule has 0 aliphatic carbocycles. The van der Waals surface area contributed by atoms with E-state index in [-0.39, 0.29) is 0 Å². The normalized spacial score (nSPS) is 14.2. The number of aryl methyl sites for hydroxylation is 2. The van der Waals surface area contributed by atoms with Crippen LogP contribution >= 0.6 is 0 Å². The maximum absolute atomic E-state index is 4.34. The average molecular weight is 228 g/mol. The lowest BCUT2D eigenvalue weighted by Crippen LogP contribution is -2.11. The van der Waals surface area contributed by atoms with Gasteiger partial charge in [-0.3, -0.25) is 0 Å². The predicted molar refractivity (Wildman–Crippen MR) is 67.9 cm³/mol. The van der Waals surface area contributed by atoms with Crippen LogP contribution in [-0.4, -0.2) is 21.3 Å². The lowest BCUT2D eigenvalue weighted by atomic mass is 10.0. The van der Waals surface area contributed by atoms with Crippen molar-refractivity contribution in [1.29, 1.82) is 0 Å². The fourth-order valence-corrected chi connectivity index (χ4v) is 2.33. The molecule has 88 valence electrons. The third-order valence-electron chi connectivity index (χ3n) is 3.22. The third-order valence-corrected chi connectivity index (χ3v) is 3.22. The van der Waals surface area contributed by atoms with Crippen LogP contribution in [0.5, 0.6) is 0 Å². The molecule has 4 heteroatoms. The summed E-state index contributed by atoms with van der Waals surface area (Å²) >= 11 is 0. The van der Waals surface area contributed by atoms with E-state index >= 15 is 0 Å². The first-order chi connectivity index (χ1) is 8.38. The number of nitrogens with zero attached hydrogens (tertiary/aromatic N) is 3. The third kappa shape index (κ3) is 1.79. The molecule has 0 atom stereocenters. The van der Waals surface area contributed by atoms with Gasteiger partial charge in [-0.25, -0.2) is 9.67 Å². The average Bonchev–Trinajstić information content (AvgIpc) is 2.86. The lowest BCUT2D eigenvalue weighted by molar-refractivity contribution is 0.666. The highest BCUT2D eigenvalue weighted by atomic mass is 15.3. The van der Waals surface area contributed by atoms with Crippen molar-refractivity contribution in [1.82, 2.24) is 14.8 Å². The summed E-state index contributed by atoms with van der Waals surface area (Å²) in [5.74, 6) is 0.959. The second-order valence-corrected chi connectivity index (χ2v) is 4.30. The Kier molecular flexibility index (Phi) is 2.55. The van der Waals surface area contributed by atoms with Gasteiger partial charge in [-0.2, -0.15) is 5.10 Å². The molecule has 1 N–H and O–H groups in total. The molecule has 4 nitrogen and oxygen atoms in total. The van der Waals surface area contributed by atoms with Crippen LogP contribution in [0.25, 0.3) is 11.4 Å². The minimum atomic E-state index is 0.852. The summed E-state index contributed by atoms with van der Waals surface area (Å²) in [4.78, 5) is 4.34. The molecule has 2 aromatic rings. The summed E-state index contributed by atoms with van der Waals surface area (Å²) in [5.41, 5.74) is 3.81.